The zero-order valence-corrected chi connectivity index (χ0v) is 13.6. The molecule has 1 N–H and O–H groups in total. The van der Waals surface area contributed by atoms with Crippen molar-refractivity contribution < 1.29 is 0 Å². The summed E-state index contributed by atoms with van der Waals surface area (Å²) in [6.45, 7) is 12.6. The van der Waals surface area contributed by atoms with E-state index in [9.17, 15) is 0 Å². The fraction of sp³-hybridized carbons (Fsp3) is 0.667. The van der Waals surface area contributed by atoms with Crippen LogP contribution in [0.5, 0.6) is 0 Å². The molecule has 0 bridgehead atoms. The normalized spacial score (nSPS) is 19.0. The lowest BCUT2D eigenvalue weighted by Gasteiger charge is -2.35. The van der Waals surface area contributed by atoms with Gasteiger partial charge >= 0.3 is 0 Å². The van der Waals surface area contributed by atoms with E-state index in [-0.39, 0.29) is 5.54 Å². The predicted octanol–water partition coefficient (Wildman–Crippen LogP) is 3.85. The molecule has 1 aliphatic heterocycles. The molecule has 1 heterocycles. The van der Waals surface area contributed by atoms with Crippen molar-refractivity contribution in [2.75, 3.05) is 24.5 Å². The minimum absolute atomic E-state index is 0.242. The average molecular weight is 274 g/mol. The van der Waals surface area contributed by atoms with E-state index in [1.807, 2.05) is 0 Å². The van der Waals surface area contributed by atoms with Gasteiger partial charge in [-0.25, -0.2) is 0 Å². The number of benzene rings is 1. The lowest BCUT2D eigenvalue weighted by Crippen LogP contribution is -2.37. The number of fused-ring (bicyclic) bond motifs is 1. The number of hydrogen-bond acceptors (Lipinski definition) is 2. The first-order valence-electron chi connectivity index (χ1n) is 8.03. The summed E-state index contributed by atoms with van der Waals surface area (Å²) in [5.41, 5.74) is 3.24. The standard InChI is InChI=1S/C18H30N2/c1-15-13-16-9-5-6-10-17(16)20(14-15)12-8-7-11-19-18(2,3)4/h5-6,9-10,15,19H,7-8,11-14H2,1-4H3. The summed E-state index contributed by atoms with van der Waals surface area (Å²) in [5.74, 6) is 0.776. The van der Waals surface area contributed by atoms with Gasteiger partial charge in [0.25, 0.3) is 0 Å². The molecule has 0 spiro atoms. The molecule has 1 unspecified atom stereocenters. The minimum Gasteiger partial charge on any atom is -0.371 e. The van der Waals surface area contributed by atoms with E-state index < -0.39 is 0 Å². The second kappa shape index (κ2) is 6.62. The van der Waals surface area contributed by atoms with Crippen molar-refractivity contribution in [2.45, 2.75) is 52.5 Å². The van der Waals surface area contributed by atoms with Gasteiger partial charge < -0.3 is 10.2 Å². The number of para-hydroxylation sites is 1. The highest BCUT2D eigenvalue weighted by molar-refractivity contribution is 5.55. The van der Waals surface area contributed by atoms with Gasteiger partial charge in [0.2, 0.25) is 0 Å². The molecule has 1 aromatic rings. The Morgan fingerprint density at radius 2 is 1.95 bits per heavy atom. The van der Waals surface area contributed by atoms with Crippen LogP contribution in [-0.2, 0) is 6.42 Å². The van der Waals surface area contributed by atoms with Gasteiger partial charge in [-0.2, -0.15) is 0 Å². The maximum absolute atomic E-state index is 3.57. The third-order valence-electron chi connectivity index (χ3n) is 3.94. The molecule has 0 fully saturated rings. The van der Waals surface area contributed by atoms with Gasteiger partial charge in [-0.1, -0.05) is 25.1 Å². The Morgan fingerprint density at radius 1 is 1.20 bits per heavy atom. The first kappa shape index (κ1) is 15.4. The number of rotatable bonds is 5. The van der Waals surface area contributed by atoms with Crippen molar-refractivity contribution in [2.24, 2.45) is 5.92 Å². The van der Waals surface area contributed by atoms with E-state index in [2.05, 4.69) is 62.2 Å². The van der Waals surface area contributed by atoms with Crippen LogP contribution in [0, 0.1) is 5.92 Å². The van der Waals surface area contributed by atoms with Crippen molar-refractivity contribution in [3.63, 3.8) is 0 Å². The zero-order valence-electron chi connectivity index (χ0n) is 13.6. The van der Waals surface area contributed by atoms with Crippen LogP contribution >= 0.6 is 0 Å². The lowest BCUT2D eigenvalue weighted by atomic mass is 9.94. The molecule has 0 aliphatic carbocycles. The minimum atomic E-state index is 0.242. The van der Waals surface area contributed by atoms with E-state index in [0.717, 1.165) is 12.5 Å². The monoisotopic (exact) mass is 274 g/mol. The molecule has 0 amide bonds. The molecule has 0 saturated carbocycles. The van der Waals surface area contributed by atoms with E-state index in [0.29, 0.717) is 0 Å². The summed E-state index contributed by atoms with van der Waals surface area (Å²) in [7, 11) is 0. The van der Waals surface area contributed by atoms with Crippen LogP contribution in [0.1, 0.15) is 46.1 Å². The van der Waals surface area contributed by atoms with Crippen LogP contribution in [0.4, 0.5) is 5.69 Å². The summed E-state index contributed by atoms with van der Waals surface area (Å²) < 4.78 is 0. The molecule has 2 nitrogen and oxygen atoms in total. The summed E-state index contributed by atoms with van der Waals surface area (Å²) in [6, 6.07) is 8.92. The van der Waals surface area contributed by atoms with Crippen LogP contribution in [-0.4, -0.2) is 25.2 Å². The Kier molecular flexibility index (Phi) is 5.09. The van der Waals surface area contributed by atoms with Crippen molar-refractivity contribution in [1.82, 2.24) is 5.32 Å². The SMILES string of the molecule is CC1Cc2ccccc2N(CCCCNC(C)(C)C)C1. The molecule has 0 aromatic heterocycles. The van der Waals surface area contributed by atoms with Gasteiger partial charge in [-0.05, 0) is 64.1 Å². The van der Waals surface area contributed by atoms with Gasteiger partial charge in [-0.3, -0.25) is 0 Å². The number of hydrogen-bond donors (Lipinski definition) is 1. The maximum Gasteiger partial charge on any atom is 0.0398 e. The molecule has 1 aromatic carbocycles. The van der Waals surface area contributed by atoms with Crippen molar-refractivity contribution >= 4 is 5.69 Å². The summed E-state index contributed by atoms with van der Waals surface area (Å²) in [6.07, 6.45) is 3.76. The number of anilines is 1. The fourth-order valence-corrected chi connectivity index (χ4v) is 3.01. The second-order valence-corrected chi connectivity index (χ2v) is 7.27. The van der Waals surface area contributed by atoms with Crippen LogP contribution in [0.15, 0.2) is 24.3 Å². The topological polar surface area (TPSA) is 15.3 Å². The Hall–Kier alpha value is -1.02. The molecule has 0 radical (unpaired) electrons. The Morgan fingerprint density at radius 3 is 2.70 bits per heavy atom. The smallest absolute Gasteiger partial charge is 0.0398 e. The highest BCUT2D eigenvalue weighted by atomic mass is 15.1. The van der Waals surface area contributed by atoms with Gasteiger partial charge in [-0.15, -0.1) is 0 Å². The average Bonchev–Trinajstić information content (AvgIpc) is 2.36. The number of nitrogens with one attached hydrogen (secondary N) is 1. The van der Waals surface area contributed by atoms with Gasteiger partial charge in [0.1, 0.15) is 0 Å². The van der Waals surface area contributed by atoms with Crippen LogP contribution in [0.3, 0.4) is 0 Å². The van der Waals surface area contributed by atoms with Crippen LogP contribution in [0.25, 0.3) is 0 Å². The maximum atomic E-state index is 3.57. The molecular formula is C18H30N2. The van der Waals surface area contributed by atoms with Gasteiger partial charge in [0.05, 0.1) is 0 Å². The third kappa shape index (κ3) is 4.52. The Labute approximate surface area is 124 Å². The predicted molar refractivity (Wildman–Crippen MR) is 88.5 cm³/mol. The molecule has 2 heteroatoms. The lowest BCUT2D eigenvalue weighted by molar-refractivity contribution is 0.417. The first-order valence-corrected chi connectivity index (χ1v) is 8.03. The van der Waals surface area contributed by atoms with Crippen molar-refractivity contribution in [3.05, 3.63) is 29.8 Å². The molecular weight excluding hydrogens is 244 g/mol. The van der Waals surface area contributed by atoms with Gasteiger partial charge in [0.15, 0.2) is 0 Å². The number of nitrogens with zero attached hydrogens (tertiary/aromatic N) is 1. The van der Waals surface area contributed by atoms with Gasteiger partial charge in [0, 0.05) is 24.3 Å². The van der Waals surface area contributed by atoms with Crippen molar-refractivity contribution in [1.29, 1.82) is 0 Å². The largest absolute Gasteiger partial charge is 0.371 e. The van der Waals surface area contributed by atoms with Crippen LogP contribution < -0.4 is 10.2 Å². The fourth-order valence-electron chi connectivity index (χ4n) is 3.01. The highest BCUT2D eigenvalue weighted by Gasteiger charge is 2.20. The van der Waals surface area contributed by atoms with Crippen molar-refractivity contribution in [3.8, 4) is 0 Å². The summed E-state index contributed by atoms with van der Waals surface area (Å²) >= 11 is 0. The quantitative estimate of drug-likeness (QED) is 0.820. The molecule has 0 saturated heterocycles. The zero-order chi connectivity index (χ0) is 14.6. The second-order valence-electron chi connectivity index (χ2n) is 7.27. The Bertz CT molecular complexity index is 420. The highest BCUT2D eigenvalue weighted by Crippen LogP contribution is 2.29. The molecule has 1 aliphatic rings. The van der Waals surface area contributed by atoms with E-state index >= 15 is 0 Å². The van der Waals surface area contributed by atoms with E-state index in [1.54, 1.807) is 0 Å². The molecule has 1 atom stereocenters. The van der Waals surface area contributed by atoms with Crippen LogP contribution in [0.2, 0.25) is 0 Å². The third-order valence-corrected chi connectivity index (χ3v) is 3.94. The summed E-state index contributed by atoms with van der Waals surface area (Å²) in [4.78, 5) is 2.58. The Balaban J connectivity index is 1.81. The number of unbranched alkanes of at least 4 members (excludes halogenated alkanes) is 1. The molecule has 20 heavy (non-hydrogen) atoms. The molecule has 2 rings (SSSR count). The van der Waals surface area contributed by atoms with E-state index in [4.69, 9.17) is 0 Å². The summed E-state index contributed by atoms with van der Waals surface area (Å²) in [5, 5.41) is 3.57. The molecule has 112 valence electrons. The van der Waals surface area contributed by atoms with E-state index in [1.165, 1.54) is 43.6 Å². The first-order chi connectivity index (χ1) is 9.46.